The van der Waals surface area contributed by atoms with E-state index in [1.54, 1.807) is 30.1 Å². The number of aromatic nitrogens is 2. The third-order valence-electron chi connectivity index (χ3n) is 3.43. The molecule has 120 valence electrons. The van der Waals surface area contributed by atoms with Crippen LogP contribution in [0.2, 0.25) is 0 Å². The monoisotopic (exact) mass is 337 g/mol. The predicted molar refractivity (Wildman–Crippen MR) is 96.6 cm³/mol. The summed E-state index contributed by atoms with van der Waals surface area (Å²) in [6.45, 7) is 3.74. The number of nitro benzene ring substituents is 1. The van der Waals surface area contributed by atoms with Gasteiger partial charge in [0.2, 0.25) is 0 Å². The SMILES string of the molecule is C=CCSc1ncc(-c2cccc([N+](=O)[O-])c2)n1-c1ccccc1. The zero-order valence-electron chi connectivity index (χ0n) is 12.8. The molecule has 3 aromatic rings. The summed E-state index contributed by atoms with van der Waals surface area (Å²) in [6, 6.07) is 16.4. The topological polar surface area (TPSA) is 61.0 Å². The summed E-state index contributed by atoms with van der Waals surface area (Å²) < 4.78 is 2.01. The molecule has 24 heavy (non-hydrogen) atoms. The molecule has 0 atom stereocenters. The molecule has 1 aromatic heterocycles. The summed E-state index contributed by atoms with van der Waals surface area (Å²) in [7, 11) is 0. The molecule has 5 nitrogen and oxygen atoms in total. The fourth-order valence-electron chi connectivity index (χ4n) is 2.38. The van der Waals surface area contributed by atoms with Crippen LogP contribution in [0, 0.1) is 10.1 Å². The molecular weight excluding hydrogens is 322 g/mol. The molecule has 0 amide bonds. The van der Waals surface area contributed by atoms with Gasteiger partial charge in [-0.05, 0) is 12.1 Å². The lowest BCUT2D eigenvalue weighted by Gasteiger charge is -2.11. The van der Waals surface area contributed by atoms with Crippen molar-refractivity contribution in [1.29, 1.82) is 0 Å². The zero-order valence-corrected chi connectivity index (χ0v) is 13.6. The molecule has 0 bridgehead atoms. The average molecular weight is 337 g/mol. The molecule has 0 unspecified atom stereocenters. The van der Waals surface area contributed by atoms with E-state index in [1.165, 1.54) is 6.07 Å². The van der Waals surface area contributed by atoms with Crippen molar-refractivity contribution in [1.82, 2.24) is 9.55 Å². The van der Waals surface area contributed by atoms with Crippen molar-refractivity contribution in [3.8, 4) is 16.9 Å². The van der Waals surface area contributed by atoms with Gasteiger partial charge in [-0.2, -0.15) is 0 Å². The molecule has 2 aromatic carbocycles. The van der Waals surface area contributed by atoms with Crippen molar-refractivity contribution < 1.29 is 4.92 Å². The van der Waals surface area contributed by atoms with E-state index in [4.69, 9.17) is 0 Å². The van der Waals surface area contributed by atoms with Crippen molar-refractivity contribution in [3.05, 3.63) is 83.6 Å². The van der Waals surface area contributed by atoms with Crippen LogP contribution in [0.15, 0.2) is 78.6 Å². The van der Waals surface area contributed by atoms with E-state index in [2.05, 4.69) is 11.6 Å². The Morgan fingerprint density at radius 3 is 2.71 bits per heavy atom. The van der Waals surface area contributed by atoms with Gasteiger partial charge in [-0.3, -0.25) is 14.7 Å². The molecule has 0 aliphatic heterocycles. The molecule has 0 radical (unpaired) electrons. The zero-order chi connectivity index (χ0) is 16.9. The van der Waals surface area contributed by atoms with Gasteiger partial charge >= 0.3 is 0 Å². The Morgan fingerprint density at radius 1 is 1.21 bits per heavy atom. The summed E-state index contributed by atoms with van der Waals surface area (Å²) in [4.78, 5) is 15.2. The molecule has 0 N–H and O–H groups in total. The predicted octanol–water partition coefficient (Wildman–Crippen LogP) is 4.73. The summed E-state index contributed by atoms with van der Waals surface area (Å²) >= 11 is 1.57. The van der Waals surface area contributed by atoms with Crippen LogP contribution in [0.1, 0.15) is 0 Å². The van der Waals surface area contributed by atoms with Crippen LogP contribution in [-0.2, 0) is 0 Å². The van der Waals surface area contributed by atoms with Crippen LogP contribution in [0.5, 0.6) is 0 Å². The van der Waals surface area contributed by atoms with Crippen molar-refractivity contribution in [2.45, 2.75) is 5.16 Å². The van der Waals surface area contributed by atoms with Crippen LogP contribution in [0.4, 0.5) is 5.69 Å². The van der Waals surface area contributed by atoms with Crippen LogP contribution < -0.4 is 0 Å². The quantitative estimate of drug-likeness (QED) is 0.282. The molecule has 6 heteroatoms. The molecule has 0 spiro atoms. The third-order valence-corrected chi connectivity index (χ3v) is 4.38. The number of rotatable bonds is 6. The van der Waals surface area contributed by atoms with Gasteiger partial charge < -0.3 is 0 Å². The fourth-order valence-corrected chi connectivity index (χ4v) is 3.11. The summed E-state index contributed by atoms with van der Waals surface area (Å²) in [5.74, 6) is 0.734. The summed E-state index contributed by atoms with van der Waals surface area (Å²) in [5.41, 5.74) is 2.60. The van der Waals surface area contributed by atoms with Gasteiger partial charge in [-0.15, -0.1) is 6.58 Å². The van der Waals surface area contributed by atoms with Crippen LogP contribution >= 0.6 is 11.8 Å². The van der Waals surface area contributed by atoms with E-state index >= 15 is 0 Å². The smallest absolute Gasteiger partial charge is 0.270 e. The van der Waals surface area contributed by atoms with E-state index in [9.17, 15) is 10.1 Å². The first-order valence-electron chi connectivity index (χ1n) is 7.32. The number of thioether (sulfide) groups is 1. The molecule has 0 aliphatic carbocycles. The molecular formula is C18H15N3O2S. The highest BCUT2D eigenvalue weighted by atomic mass is 32.2. The average Bonchev–Trinajstić information content (AvgIpc) is 3.04. The highest BCUT2D eigenvalue weighted by Crippen LogP contribution is 2.31. The van der Waals surface area contributed by atoms with E-state index < -0.39 is 0 Å². The van der Waals surface area contributed by atoms with Gasteiger partial charge in [0.05, 0.1) is 16.8 Å². The highest BCUT2D eigenvalue weighted by Gasteiger charge is 2.15. The number of imidazole rings is 1. The maximum atomic E-state index is 11.1. The number of nitro groups is 1. The molecule has 0 saturated carbocycles. The Morgan fingerprint density at radius 2 is 2.00 bits per heavy atom. The van der Waals surface area contributed by atoms with Gasteiger partial charge in [0.25, 0.3) is 5.69 Å². The number of non-ortho nitro benzene ring substituents is 1. The Kier molecular flexibility index (Phi) is 4.77. The number of para-hydroxylation sites is 1. The second-order valence-electron chi connectivity index (χ2n) is 5.00. The Labute approximate surface area is 143 Å². The second kappa shape index (κ2) is 7.14. The van der Waals surface area contributed by atoms with E-state index in [0.29, 0.717) is 0 Å². The van der Waals surface area contributed by atoms with Crippen molar-refractivity contribution in [2.75, 3.05) is 5.75 Å². The van der Waals surface area contributed by atoms with Crippen molar-refractivity contribution >= 4 is 17.4 Å². The third kappa shape index (κ3) is 3.23. The van der Waals surface area contributed by atoms with Gasteiger partial charge in [-0.25, -0.2) is 4.98 Å². The minimum Gasteiger partial charge on any atom is -0.287 e. The van der Waals surface area contributed by atoms with Crippen LogP contribution in [0.3, 0.4) is 0 Å². The lowest BCUT2D eigenvalue weighted by Crippen LogP contribution is -1.99. The number of nitrogens with zero attached hydrogens (tertiary/aromatic N) is 3. The largest absolute Gasteiger partial charge is 0.287 e. The normalized spacial score (nSPS) is 10.5. The Hall–Kier alpha value is -2.86. The number of hydrogen-bond donors (Lipinski definition) is 0. The number of benzene rings is 2. The second-order valence-corrected chi connectivity index (χ2v) is 5.99. The standard InChI is InChI=1S/C18H15N3O2S/c1-2-11-24-18-19-13-17(20(18)15-8-4-3-5-9-15)14-7-6-10-16(12-14)21(22)23/h2-10,12-13H,1,11H2. The molecule has 1 heterocycles. The Balaban J connectivity index is 2.14. The van der Waals surface area contributed by atoms with Gasteiger partial charge in [0.15, 0.2) is 5.16 Å². The summed E-state index contributed by atoms with van der Waals surface area (Å²) in [5, 5.41) is 11.9. The van der Waals surface area contributed by atoms with Gasteiger partial charge in [-0.1, -0.05) is 48.2 Å². The van der Waals surface area contributed by atoms with Crippen LogP contribution in [-0.4, -0.2) is 20.2 Å². The first-order chi connectivity index (χ1) is 11.7. The van der Waals surface area contributed by atoms with Crippen molar-refractivity contribution in [2.24, 2.45) is 0 Å². The lowest BCUT2D eigenvalue weighted by atomic mass is 10.1. The minimum atomic E-state index is -0.389. The Bertz CT molecular complexity index is 875. The van der Waals surface area contributed by atoms with E-state index in [1.807, 2.05) is 47.0 Å². The van der Waals surface area contributed by atoms with Gasteiger partial charge in [0.1, 0.15) is 0 Å². The van der Waals surface area contributed by atoms with Crippen LogP contribution in [0.25, 0.3) is 16.9 Å². The van der Waals surface area contributed by atoms with E-state index in [-0.39, 0.29) is 10.6 Å². The molecule has 0 saturated heterocycles. The summed E-state index contributed by atoms with van der Waals surface area (Å²) in [6.07, 6.45) is 3.57. The fraction of sp³-hybridized carbons (Fsp3) is 0.0556. The minimum absolute atomic E-state index is 0.0635. The maximum absolute atomic E-state index is 11.1. The lowest BCUT2D eigenvalue weighted by molar-refractivity contribution is -0.384. The first kappa shape index (κ1) is 16.0. The first-order valence-corrected chi connectivity index (χ1v) is 8.31. The molecule has 0 fully saturated rings. The highest BCUT2D eigenvalue weighted by molar-refractivity contribution is 7.99. The number of hydrogen-bond acceptors (Lipinski definition) is 4. The van der Waals surface area contributed by atoms with E-state index in [0.717, 1.165) is 27.9 Å². The maximum Gasteiger partial charge on any atom is 0.270 e. The molecule has 0 aliphatic rings. The van der Waals surface area contributed by atoms with Crippen molar-refractivity contribution in [3.63, 3.8) is 0 Å². The van der Waals surface area contributed by atoms with Gasteiger partial charge in [0, 0.05) is 29.1 Å². The molecule has 3 rings (SSSR count).